The predicted octanol–water partition coefficient (Wildman–Crippen LogP) is 3.74. The number of fused-ring (bicyclic) bond motifs is 1. The van der Waals surface area contributed by atoms with Gasteiger partial charge < -0.3 is 14.0 Å². The highest BCUT2D eigenvalue weighted by molar-refractivity contribution is 5.61. The Hall–Kier alpha value is -2.82. The van der Waals surface area contributed by atoms with Crippen LogP contribution in [0.1, 0.15) is 29.7 Å². The zero-order valence-electron chi connectivity index (χ0n) is 12.3. The monoisotopic (exact) mass is 306 g/mol. The van der Waals surface area contributed by atoms with Crippen molar-refractivity contribution in [1.82, 2.24) is 10.1 Å². The minimum absolute atomic E-state index is 0.261. The summed E-state index contributed by atoms with van der Waals surface area (Å²) in [4.78, 5) is 4.57. The molecule has 1 aromatic heterocycles. The van der Waals surface area contributed by atoms with Crippen LogP contribution in [-0.2, 0) is 0 Å². The molecule has 0 saturated heterocycles. The van der Waals surface area contributed by atoms with Crippen molar-refractivity contribution in [2.45, 2.75) is 18.3 Å². The third kappa shape index (κ3) is 2.16. The molecule has 0 amide bonds. The van der Waals surface area contributed by atoms with Crippen LogP contribution in [0.25, 0.3) is 11.4 Å². The zero-order valence-corrected chi connectivity index (χ0v) is 12.3. The SMILES string of the molecule is c1ccc([C@@H]2C[C@@H]2c2nc(-c3ccc4c(c3)OCO4)no2)cc1. The smallest absolute Gasteiger partial charge is 0.231 e. The predicted molar refractivity (Wildman–Crippen MR) is 82.4 cm³/mol. The molecule has 1 fully saturated rings. The molecule has 5 rings (SSSR count). The quantitative estimate of drug-likeness (QED) is 0.738. The topological polar surface area (TPSA) is 57.4 Å². The van der Waals surface area contributed by atoms with E-state index >= 15 is 0 Å². The fourth-order valence-corrected chi connectivity index (χ4v) is 3.08. The molecule has 2 aromatic carbocycles. The molecule has 0 spiro atoms. The molecule has 114 valence electrons. The van der Waals surface area contributed by atoms with Crippen LogP contribution >= 0.6 is 0 Å². The molecule has 2 heterocycles. The summed E-state index contributed by atoms with van der Waals surface area (Å²) in [6, 6.07) is 16.2. The number of aromatic nitrogens is 2. The van der Waals surface area contributed by atoms with Gasteiger partial charge >= 0.3 is 0 Å². The molecule has 5 heteroatoms. The molecule has 0 unspecified atom stereocenters. The van der Waals surface area contributed by atoms with E-state index in [2.05, 4.69) is 34.4 Å². The van der Waals surface area contributed by atoms with Crippen molar-refractivity contribution < 1.29 is 14.0 Å². The van der Waals surface area contributed by atoms with Gasteiger partial charge in [-0.05, 0) is 36.1 Å². The lowest BCUT2D eigenvalue weighted by Crippen LogP contribution is -1.92. The molecular weight excluding hydrogens is 292 g/mol. The summed E-state index contributed by atoms with van der Waals surface area (Å²) in [5.74, 6) is 3.60. The Morgan fingerprint density at radius 1 is 0.913 bits per heavy atom. The Morgan fingerprint density at radius 2 is 1.78 bits per heavy atom. The first kappa shape index (κ1) is 12.7. The first-order chi connectivity index (χ1) is 11.4. The van der Waals surface area contributed by atoms with Crippen molar-refractivity contribution in [2.75, 3.05) is 6.79 Å². The molecule has 0 radical (unpaired) electrons. The van der Waals surface area contributed by atoms with Gasteiger partial charge in [0.1, 0.15) is 0 Å². The third-order valence-corrected chi connectivity index (χ3v) is 4.41. The van der Waals surface area contributed by atoms with Crippen LogP contribution in [0.3, 0.4) is 0 Å². The number of benzene rings is 2. The molecule has 0 bridgehead atoms. The first-order valence-electron chi connectivity index (χ1n) is 7.67. The van der Waals surface area contributed by atoms with Crippen molar-refractivity contribution in [3.8, 4) is 22.9 Å². The normalized spacial score (nSPS) is 21.4. The zero-order chi connectivity index (χ0) is 15.2. The summed E-state index contributed by atoms with van der Waals surface area (Å²) in [5.41, 5.74) is 2.21. The van der Waals surface area contributed by atoms with Gasteiger partial charge in [0, 0.05) is 11.5 Å². The summed E-state index contributed by atoms with van der Waals surface area (Å²) < 4.78 is 16.2. The number of hydrogen-bond acceptors (Lipinski definition) is 5. The van der Waals surface area contributed by atoms with Gasteiger partial charge in [0.2, 0.25) is 18.5 Å². The van der Waals surface area contributed by atoms with Crippen LogP contribution in [0.4, 0.5) is 0 Å². The number of hydrogen-bond donors (Lipinski definition) is 0. The van der Waals surface area contributed by atoms with Gasteiger partial charge in [-0.2, -0.15) is 4.98 Å². The van der Waals surface area contributed by atoms with Crippen LogP contribution < -0.4 is 9.47 Å². The van der Waals surface area contributed by atoms with Gasteiger partial charge in [-0.25, -0.2) is 0 Å². The van der Waals surface area contributed by atoms with Gasteiger partial charge in [-0.15, -0.1) is 0 Å². The Kier molecular flexibility index (Phi) is 2.67. The number of rotatable bonds is 3. The van der Waals surface area contributed by atoms with E-state index in [1.807, 2.05) is 24.3 Å². The molecule has 0 N–H and O–H groups in total. The van der Waals surface area contributed by atoms with Crippen LogP contribution in [0, 0.1) is 0 Å². The van der Waals surface area contributed by atoms with E-state index in [-0.39, 0.29) is 6.79 Å². The maximum absolute atomic E-state index is 5.48. The fraction of sp³-hybridized carbons (Fsp3) is 0.222. The van der Waals surface area contributed by atoms with E-state index < -0.39 is 0 Å². The van der Waals surface area contributed by atoms with Crippen LogP contribution in [0.2, 0.25) is 0 Å². The van der Waals surface area contributed by atoms with Crippen molar-refractivity contribution in [3.05, 3.63) is 60.0 Å². The standard InChI is InChI=1S/C18H14N2O3/c1-2-4-11(5-3-1)13-9-14(13)18-19-17(20-23-18)12-6-7-15-16(8-12)22-10-21-15/h1-8,13-14H,9-10H2/t13-,14-/m0/s1. The summed E-state index contributed by atoms with van der Waals surface area (Å²) in [6.07, 6.45) is 1.06. The highest BCUT2D eigenvalue weighted by Crippen LogP contribution is 2.54. The number of nitrogens with zero attached hydrogens (tertiary/aromatic N) is 2. The van der Waals surface area contributed by atoms with Crippen LogP contribution in [-0.4, -0.2) is 16.9 Å². The highest BCUT2D eigenvalue weighted by atomic mass is 16.7. The average Bonchev–Trinajstić information content (AvgIpc) is 3.04. The molecule has 5 nitrogen and oxygen atoms in total. The second-order valence-corrected chi connectivity index (χ2v) is 5.88. The molecule has 2 atom stereocenters. The molecule has 2 aliphatic rings. The van der Waals surface area contributed by atoms with Gasteiger partial charge in [-0.3, -0.25) is 0 Å². The summed E-state index contributed by atoms with van der Waals surface area (Å²) >= 11 is 0. The Labute approximate surface area is 132 Å². The Bertz CT molecular complexity index is 860. The van der Waals surface area contributed by atoms with Crippen molar-refractivity contribution in [2.24, 2.45) is 0 Å². The maximum atomic E-state index is 5.48. The number of ether oxygens (including phenoxy) is 2. The first-order valence-corrected chi connectivity index (χ1v) is 7.67. The van der Waals surface area contributed by atoms with Crippen molar-refractivity contribution in [1.29, 1.82) is 0 Å². The lowest BCUT2D eigenvalue weighted by Gasteiger charge is -1.97. The largest absolute Gasteiger partial charge is 0.454 e. The van der Waals surface area contributed by atoms with E-state index in [1.54, 1.807) is 0 Å². The van der Waals surface area contributed by atoms with E-state index in [1.165, 1.54) is 5.56 Å². The maximum Gasteiger partial charge on any atom is 0.231 e. The van der Waals surface area contributed by atoms with E-state index in [0.717, 1.165) is 23.5 Å². The molecule has 1 saturated carbocycles. The molecule has 23 heavy (non-hydrogen) atoms. The van der Waals surface area contributed by atoms with E-state index in [0.29, 0.717) is 23.6 Å². The van der Waals surface area contributed by atoms with E-state index in [4.69, 9.17) is 14.0 Å². The lowest BCUT2D eigenvalue weighted by molar-refractivity contribution is 0.174. The van der Waals surface area contributed by atoms with Crippen molar-refractivity contribution in [3.63, 3.8) is 0 Å². The fourth-order valence-electron chi connectivity index (χ4n) is 3.08. The minimum atomic E-state index is 0.261. The van der Waals surface area contributed by atoms with Gasteiger partial charge in [0.05, 0.1) is 0 Å². The summed E-state index contributed by atoms with van der Waals surface area (Å²) in [7, 11) is 0. The van der Waals surface area contributed by atoms with Gasteiger partial charge in [0.15, 0.2) is 11.5 Å². The third-order valence-electron chi connectivity index (χ3n) is 4.41. The molecular formula is C18H14N2O3. The average molecular weight is 306 g/mol. The second-order valence-electron chi connectivity index (χ2n) is 5.88. The van der Waals surface area contributed by atoms with Gasteiger partial charge in [-0.1, -0.05) is 35.5 Å². The minimum Gasteiger partial charge on any atom is -0.454 e. The summed E-state index contributed by atoms with van der Waals surface area (Å²) in [6.45, 7) is 0.261. The Balaban J connectivity index is 1.39. The lowest BCUT2D eigenvalue weighted by atomic mass is 10.1. The highest BCUT2D eigenvalue weighted by Gasteiger charge is 2.43. The Morgan fingerprint density at radius 3 is 2.70 bits per heavy atom. The summed E-state index contributed by atoms with van der Waals surface area (Å²) in [5, 5.41) is 4.12. The molecule has 1 aliphatic carbocycles. The van der Waals surface area contributed by atoms with Crippen molar-refractivity contribution >= 4 is 0 Å². The molecule has 3 aromatic rings. The van der Waals surface area contributed by atoms with Gasteiger partial charge in [0.25, 0.3) is 0 Å². The van der Waals surface area contributed by atoms with E-state index in [9.17, 15) is 0 Å². The van der Waals surface area contributed by atoms with Crippen LogP contribution in [0.15, 0.2) is 53.1 Å². The molecule has 1 aliphatic heterocycles. The second kappa shape index (κ2) is 4.84. The van der Waals surface area contributed by atoms with Crippen LogP contribution in [0.5, 0.6) is 11.5 Å².